The highest BCUT2D eigenvalue weighted by atomic mass is 16.6. The second kappa shape index (κ2) is 7.51. The van der Waals surface area contributed by atoms with Crippen LogP contribution in [0.3, 0.4) is 0 Å². The molecule has 1 saturated heterocycles. The van der Waals surface area contributed by atoms with Crippen LogP contribution >= 0.6 is 0 Å². The van der Waals surface area contributed by atoms with Gasteiger partial charge < -0.3 is 24.6 Å². The fourth-order valence-corrected chi connectivity index (χ4v) is 2.87. The summed E-state index contributed by atoms with van der Waals surface area (Å²) >= 11 is 0. The molecular formula is C18H27NO5. The first-order valence-corrected chi connectivity index (χ1v) is 8.16. The van der Waals surface area contributed by atoms with Crippen LogP contribution < -0.4 is 0 Å². The normalized spacial score (nSPS) is 24.8. The van der Waals surface area contributed by atoms with E-state index in [1.807, 2.05) is 51.1 Å². The quantitative estimate of drug-likeness (QED) is 0.862. The van der Waals surface area contributed by atoms with E-state index < -0.39 is 17.8 Å². The summed E-state index contributed by atoms with van der Waals surface area (Å²) in [5.41, 5.74) is -0.122. The lowest BCUT2D eigenvalue weighted by atomic mass is 9.75. The van der Waals surface area contributed by atoms with Gasteiger partial charge in [0.1, 0.15) is 5.60 Å². The Hall–Kier alpha value is -1.63. The number of hydrogen-bond donors (Lipinski definition) is 2. The van der Waals surface area contributed by atoms with Crippen molar-refractivity contribution in [2.45, 2.75) is 39.1 Å². The second-order valence-electron chi connectivity index (χ2n) is 7.31. The van der Waals surface area contributed by atoms with Gasteiger partial charge in [0.2, 0.25) is 0 Å². The number of aliphatic hydroxyl groups excluding tert-OH is 1. The van der Waals surface area contributed by atoms with Gasteiger partial charge in [-0.1, -0.05) is 51.1 Å². The number of ether oxygens (including phenoxy) is 2. The third-order valence-corrected chi connectivity index (χ3v) is 4.55. The SMILES string of the molecule is CC(C)(C)[C@@]1(COCc2ccccc2)CN(C(=O)O)C[C@H](CO)O1. The molecule has 0 aromatic heterocycles. The Morgan fingerprint density at radius 1 is 1.38 bits per heavy atom. The van der Waals surface area contributed by atoms with E-state index >= 15 is 0 Å². The van der Waals surface area contributed by atoms with Crippen molar-refractivity contribution in [2.75, 3.05) is 26.3 Å². The number of morpholine rings is 1. The third-order valence-electron chi connectivity index (χ3n) is 4.55. The van der Waals surface area contributed by atoms with Crippen LogP contribution in [0.2, 0.25) is 0 Å². The molecule has 0 radical (unpaired) electrons. The molecule has 0 saturated carbocycles. The number of carbonyl (C=O) groups is 1. The smallest absolute Gasteiger partial charge is 0.407 e. The van der Waals surface area contributed by atoms with Crippen LogP contribution in [0.15, 0.2) is 30.3 Å². The molecule has 2 rings (SSSR count). The van der Waals surface area contributed by atoms with Gasteiger partial charge in [0.25, 0.3) is 0 Å². The minimum Gasteiger partial charge on any atom is -0.465 e. The number of hydrogen-bond acceptors (Lipinski definition) is 4. The molecule has 134 valence electrons. The van der Waals surface area contributed by atoms with Gasteiger partial charge >= 0.3 is 6.09 Å². The Kier molecular flexibility index (Phi) is 5.85. The van der Waals surface area contributed by atoms with E-state index in [0.717, 1.165) is 5.56 Å². The van der Waals surface area contributed by atoms with Crippen molar-refractivity contribution in [2.24, 2.45) is 5.41 Å². The zero-order chi connectivity index (χ0) is 17.8. The van der Waals surface area contributed by atoms with Crippen LogP contribution in [0.5, 0.6) is 0 Å². The number of aliphatic hydroxyl groups is 1. The lowest BCUT2D eigenvalue weighted by Gasteiger charge is -2.51. The molecular weight excluding hydrogens is 310 g/mol. The van der Waals surface area contributed by atoms with E-state index in [4.69, 9.17) is 9.47 Å². The van der Waals surface area contributed by atoms with Crippen LogP contribution in [0.1, 0.15) is 26.3 Å². The summed E-state index contributed by atoms with van der Waals surface area (Å²) in [6, 6.07) is 9.80. The summed E-state index contributed by atoms with van der Waals surface area (Å²) in [4.78, 5) is 12.8. The summed E-state index contributed by atoms with van der Waals surface area (Å²) < 4.78 is 12.0. The van der Waals surface area contributed by atoms with Crippen LogP contribution in [-0.4, -0.2) is 59.2 Å². The molecule has 1 amide bonds. The van der Waals surface area contributed by atoms with E-state index in [9.17, 15) is 15.0 Å². The first-order chi connectivity index (χ1) is 11.3. The average Bonchev–Trinajstić information content (AvgIpc) is 2.54. The molecule has 2 N–H and O–H groups in total. The number of carboxylic acid groups (broad SMARTS) is 1. The van der Waals surface area contributed by atoms with E-state index in [2.05, 4.69) is 0 Å². The fraction of sp³-hybridized carbons (Fsp3) is 0.611. The van der Waals surface area contributed by atoms with Crippen molar-refractivity contribution in [3.05, 3.63) is 35.9 Å². The van der Waals surface area contributed by atoms with Crippen molar-refractivity contribution in [1.82, 2.24) is 4.90 Å². The summed E-state index contributed by atoms with van der Waals surface area (Å²) in [5, 5.41) is 18.9. The number of amides is 1. The number of nitrogens with zero attached hydrogens (tertiary/aromatic N) is 1. The minimum atomic E-state index is -1.01. The van der Waals surface area contributed by atoms with Crippen molar-refractivity contribution in [3.63, 3.8) is 0 Å². The monoisotopic (exact) mass is 337 g/mol. The van der Waals surface area contributed by atoms with Crippen LogP contribution in [-0.2, 0) is 16.1 Å². The van der Waals surface area contributed by atoms with Crippen LogP contribution in [0.4, 0.5) is 4.79 Å². The van der Waals surface area contributed by atoms with Gasteiger partial charge in [0, 0.05) is 0 Å². The van der Waals surface area contributed by atoms with E-state index in [1.165, 1.54) is 4.90 Å². The molecule has 1 aliphatic rings. The van der Waals surface area contributed by atoms with Gasteiger partial charge in [-0.15, -0.1) is 0 Å². The number of rotatable bonds is 5. The largest absolute Gasteiger partial charge is 0.465 e. The van der Waals surface area contributed by atoms with Crippen molar-refractivity contribution in [1.29, 1.82) is 0 Å². The molecule has 24 heavy (non-hydrogen) atoms. The lowest BCUT2D eigenvalue weighted by molar-refractivity contribution is -0.227. The Morgan fingerprint density at radius 3 is 2.58 bits per heavy atom. The molecule has 6 nitrogen and oxygen atoms in total. The van der Waals surface area contributed by atoms with Gasteiger partial charge in [0.15, 0.2) is 0 Å². The Labute approximate surface area is 143 Å². The molecule has 1 aliphatic heterocycles. The first-order valence-electron chi connectivity index (χ1n) is 8.16. The summed E-state index contributed by atoms with van der Waals surface area (Å²) in [7, 11) is 0. The van der Waals surface area contributed by atoms with Gasteiger partial charge in [-0.25, -0.2) is 4.79 Å². The Balaban J connectivity index is 2.14. The van der Waals surface area contributed by atoms with Crippen molar-refractivity contribution >= 4 is 6.09 Å². The molecule has 0 spiro atoms. The zero-order valence-electron chi connectivity index (χ0n) is 14.6. The maximum Gasteiger partial charge on any atom is 0.407 e. The van der Waals surface area contributed by atoms with E-state index in [-0.39, 0.29) is 31.7 Å². The Bertz CT molecular complexity index is 542. The van der Waals surface area contributed by atoms with Crippen LogP contribution in [0, 0.1) is 5.41 Å². The highest BCUT2D eigenvalue weighted by Crippen LogP contribution is 2.38. The molecule has 1 heterocycles. The highest BCUT2D eigenvalue weighted by Gasteiger charge is 2.50. The molecule has 0 unspecified atom stereocenters. The molecule has 1 aromatic carbocycles. The second-order valence-corrected chi connectivity index (χ2v) is 7.31. The minimum absolute atomic E-state index is 0.169. The van der Waals surface area contributed by atoms with Crippen molar-refractivity contribution < 1.29 is 24.5 Å². The topological polar surface area (TPSA) is 79.2 Å². The fourth-order valence-electron chi connectivity index (χ4n) is 2.87. The van der Waals surface area contributed by atoms with Gasteiger partial charge in [-0.2, -0.15) is 0 Å². The van der Waals surface area contributed by atoms with Gasteiger partial charge in [-0.05, 0) is 11.0 Å². The zero-order valence-corrected chi connectivity index (χ0v) is 14.6. The molecule has 1 aromatic rings. The van der Waals surface area contributed by atoms with Gasteiger partial charge in [0.05, 0.1) is 39.0 Å². The molecule has 0 bridgehead atoms. The maximum atomic E-state index is 11.5. The number of benzene rings is 1. The standard InChI is InChI=1S/C18H27NO5/c1-17(2,3)18(13-23-11-14-7-5-4-6-8-14)12-19(16(21)22)9-15(10-20)24-18/h4-8,15,20H,9-13H2,1-3H3,(H,21,22)/t15-,18+/m1/s1. The predicted molar refractivity (Wildman–Crippen MR) is 89.8 cm³/mol. The summed E-state index contributed by atoms with van der Waals surface area (Å²) in [6.45, 7) is 6.85. The van der Waals surface area contributed by atoms with Gasteiger partial charge in [-0.3, -0.25) is 0 Å². The Morgan fingerprint density at radius 2 is 2.04 bits per heavy atom. The molecule has 1 fully saturated rings. The maximum absolute atomic E-state index is 11.5. The molecule has 0 aliphatic carbocycles. The van der Waals surface area contributed by atoms with Crippen LogP contribution in [0.25, 0.3) is 0 Å². The lowest BCUT2D eigenvalue weighted by Crippen LogP contribution is -2.65. The highest BCUT2D eigenvalue weighted by molar-refractivity contribution is 5.65. The predicted octanol–water partition coefficient (Wildman–Crippen LogP) is 2.36. The first kappa shape index (κ1) is 18.7. The summed E-state index contributed by atoms with van der Waals surface area (Å²) in [6.07, 6.45) is -1.55. The molecule has 2 atom stereocenters. The van der Waals surface area contributed by atoms with Crippen molar-refractivity contribution in [3.8, 4) is 0 Å². The molecule has 6 heteroatoms. The van der Waals surface area contributed by atoms with E-state index in [0.29, 0.717) is 6.61 Å². The average molecular weight is 337 g/mol. The summed E-state index contributed by atoms with van der Waals surface area (Å²) in [5.74, 6) is 0. The third kappa shape index (κ3) is 4.26. The van der Waals surface area contributed by atoms with E-state index in [1.54, 1.807) is 0 Å².